The third-order valence-electron chi connectivity index (χ3n) is 4.66. The van der Waals surface area contributed by atoms with E-state index in [1.165, 1.54) is 0 Å². The lowest BCUT2D eigenvalue weighted by Gasteiger charge is -2.34. The number of aryl methyl sites for hydroxylation is 1. The molecule has 2 unspecified atom stereocenters. The van der Waals surface area contributed by atoms with Gasteiger partial charge >= 0.3 is 0 Å². The first-order valence-corrected chi connectivity index (χ1v) is 10.6. The Hall–Kier alpha value is -1.44. The van der Waals surface area contributed by atoms with Crippen molar-refractivity contribution >= 4 is 15.9 Å². The Morgan fingerprint density at radius 1 is 1.31 bits per heavy atom. The zero-order valence-electron chi connectivity index (χ0n) is 16.1. The average Bonchev–Trinajstić information content (AvgIpc) is 2.60. The normalized spacial score (nSPS) is 19.6. The van der Waals surface area contributed by atoms with Crippen LogP contribution in [0.25, 0.3) is 0 Å². The van der Waals surface area contributed by atoms with E-state index in [9.17, 15) is 13.2 Å². The number of sulfonamides is 1. The Morgan fingerprint density at radius 3 is 2.54 bits per heavy atom. The first-order chi connectivity index (χ1) is 12.2. The molecule has 1 fully saturated rings. The summed E-state index contributed by atoms with van der Waals surface area (Å²) in [6.07, 6.45) is 2.26. The second-order valence-corrected chi connectivity index (χ2v) is 9.11. The number of hydrogen-bond acceptors (Lipinski definition) is 4. The van der Waals surface area contributed by atoms with Gasteiger partial charge in [0.25, 0.3) is 0 Å². The van der Waals surface area contributed by atoms with Gasteiger partial charge in [0.2, 0.25) is 15.9 Å². The molecule has 2 rings (SSSR count). The van der Waals surface area contributed by atoms with E-state index >= 15 is 0 Å². The van der Waals surface area contributed by atoms with Gasteiger partial charge in [-0.05, 0) is 44.2 Å². The van der Waals surface area contributed by atoms with Crippen molar-refractivity contribution in [1.29, 1.82) is 0 Å². The van der Waals surface area contributed by atoms with Crippen molar-refractivity contribution in [3.63, 3.8) is 0 Å². The molecule has 1 aromatic rings. The monoisotopic (exact) mass is 382 g/mol. The zero-order valence-corrected chi connectivity index (χ0v) is 16.9. The molecule has 26 heavy (non-hydrogen) atoms. The number of nitrogens with zero attached hydrogens (tertiary/aromatic N) is 1. The van der Waals surface area contributed by atoms with E-state index in [1.807, 2.05) is 20.8 Å². The van der Waals surface area contributed by atoms with Gasteiger partial charge in [0, 0.05) is 20.2 Å². The Balaban J connectivity index is 2.18. The highest BCUT2D eigenvalue weighted by Gasteiger charge is 2.32. The van der Waals surface area contributed by atoms with Crippen molar-refractivity contribution in [2.24, 2.45) is 5.92 Å². The van der Waals surface area contributed by atoms with Gasteiger partial charge < -0.3 is 9.64 Å². The summed E-state index contributed by atoms with van der Waals surface area (Å²) >= 11 is 0. The van der Waals surface area contributed by atoms with Gasteiger partial charge in [0.1, 0.15) is 6.04 Å². The summed E-state index contributed by atoms with van der Waals surface area (Å²) in [5.74, 6) is 0.0174. The van der Waals surface area contributed by atoms with Crippen LogP contribution in [-0.4, -0.2) is 51.6 Å². The van der Waals surface area contributed by atoms with Crippen LogP contribution in [0.2, 0.25) is 0 Å². The topological polar surface area (TPSA) is 75.7 Å². The lowest BCUT2D eigenvalue weighted by molar-refractivity contribution is -0.136. The maximum absolute atomic E-state index is 13.0. The number of likely N-dealkylation sites (tertiary alicyclic amines) is 1. The molecule has 1 heterocycles. The van der Waals surface area contributed by atoms with Crippen LogP contribution in [0.15, 0.2) is 29.2 Å². The van der Waals surface area contributed by atoms with Crippen molar-refractivity contribution in [1.82, 2.24) is 9.62 Å². The maximum Gasteiger partial charge on any atom is 0.241 e. The third-order valence-corrected chi connectivity index (χ3v) is 6.14. The smallest absolute Gasteiger partial charge is 0.241 e. The number of nitrogens with one attached hydrogen (secondary N) is 1. The average molecular weight is 383 g/mol. The molecule has 7 heteroatoms. The minimum absolute atomic E-state index is 0.0149. The van der Waals surface area contributed by atoms with Gasteiger partial charge in [-0.2, -0.15) is 4.72 Å². The van der Waals surface area contributed by atoms with E-state index in [0.29, 0.717) is 19.5 Å². The summed E-state index contributed by atoms with van der Waals surface area (Å²) in [5.41, 5.74) is 0.984. The van der Waals surface area contributed by atoms with Gasteiger partial charge in [-0.3, -0.25) is 4.79 Å². The van der Waals surface area contributed by atoms with Crippen LogP contribution < -0.4 is 4.72 Å². The molecule has 0 radical (unpaired) electrons. The third kappa shape index (κ3) is 5.53. The van der Waals surface area contributed by atoms with Crippen LogP contribution in [0, 0.1) is 12.8 Å². The van der Waals surface area contributed by atoms with Crippen molar-refractivity contribution in [3.8, 4) is 0 Å². The Labute approximate surface area is 157 Å². The molecule has 146 valence electrons. The van der Waals surface area contributed by atoms with Crippen LogP contribution in [0.3, 0.4) is 0 Å². The summed E-state index contributed by atoms with van der Waals surface area (Å²) in [6.45, 7) is 7.01. The Kier molecular flexibility index (Phi) is 7.20. The van der Waals surface area contributed by atoms with E-state index in [-0.39, 0.29) is 22.8 Å². The maximum atomic E-state index is 13.0. The number of amides is 1. The molecule has 1 N–H and O–H groups in total. The van der Waals surface area contributed by atoms with Crippen LogP contribution in [0.5, 0.6) is 0 Å². The molecule has 6 nitrogen and oxygen atoms in total. The molecule has 0 bridgehead atoms. The van der Waals surface area contributed by atoms with Crippen LogP contribution in [0.4, 0.5) is 0 Å². The number of benzene rings is 1. The SMILES string of the molecule is COC1CCCN(C(=O)C(CC(C)C)NS(=O)(=O)c2ccc(C)cc2)C1. The minimum atomic E-state index is -3.75. The molecule has 0 spiro atoms. The summed E-state index contributed by atoms with van der Waals surface area (Å²) in [4.78, 5) is 14.9. The summed E-state index contributed by atoms with van der Waals surface area (Å²) in [7, 11) is -2.11. The fraction of sp³-hybridized carbons (Fsp3) is 0.632. The molecule has 1 aromatic carbocycles. The number of rotatable bonds is 7. The molecule has 0 saturated carbocycles. The number of ether oxygens (including phenoxy) is 1. The predicted molar refractivity (Wildman–Crippen MR) is 101 cm³/mol. The molecule has 1 amide bonds. The minimum Gasteiger partial charge on any atom is -0.380 e. The highest BCUT2D eigenvalue weighted by Crippen LogP contribution is 2.18. The summed E-state index contributed by atoms with van der Waals surface area (Å²) < 4.78 is 33.5. The van der Waals surface area contributed by atoms with Gasteiger partial charge in [-0.25, -0.2) is 8.42 Å². The number of piperidine rings is 1. The van der Waals surface area contributed by atoms with E-state index in [1.54, 1.807) is 36.3 Å². The van der Waals surface area contributed by atoms with Crippen LogP contribution in [-0.2, 0) is 19.6 Å². The van der Waals surface area contributed by atoms with Crippen molar-refractivity contribution in [3.05, 3.63) is 29.8 Å². The Morgan fingerprint density at radius 2 is 1.96 bits per heavy atom. The van der Waals surface area contributed by atoms with Gasteiger partial charge in [-0.1, -0.05) is 31.5 Å². The second-order valence-electron chi connectivity index (χ2n) is 7.40. The lowest BCUT2D eigenvalue weighted by atomic mass is 10.0. The fourth-order valence-electron chi connectivity index (χ4n) is 3.19. The lowest BCUT2D eigenvalue weighted by Crippen LogP contribution is -2.52. The summed E-state index contributed by atoms with van der Waals surface area (Å²) in [6, 6.07) is 5.87. The van der Waals surface area contributed by atoms with E-state index < -0.39 is 16.1 Å². The van der Waals surface area contributed by atoms with Crippen molar-refractivity contribution in [2.75, 3.05) is 20.2 Å². The molecule has 1 saturated heterocycles. The number of hydrogen-bond donors (Lipinski definition) is 1. The first-order valence-electron chi connectivity index (χ1n) is 9.13. The molecule has 2 atom stereocenters. The first kappa shape index (κ1) is 20.9. The number of methoxy groups -OCH3 is 1. The van der Waals surface area contributed by atoms with E-state index in [0.717, 1.165) is 18.4 Å². The quantitative estimate of drug-likeness (QED) is 0.785. The number of carbonyl (C=O) groups is 1. The molecule has 1 aliphatic heterocycles. The van der Waals surface area contributed by atoms with Gasteiger partial charge in [0.15, 0.2) is 0 Å². The molecular formula is C19H30N2O4S. The zero-order chi connectivity index (χ0) is 19.3. The highest BCUT2D eigenvalue weighted by molar-refractivity contribution is 7.89. The highest BCUT2D eigenvalue weighted by atomic mass is 32.2. The Bertz CT molecular complexity index is 701. The van der Waals surface area contributed by atoms with Gasteiger partial charge in [-0.15, -0.1) is 0 Å². The second kappa shape index (κ2) is 8.97. The predicted octanol–water partition coefficient (Wildman–Crippen LogP) is 2.33. The molecule has 0 aliphatic carbocycles. The number of carbonyl (C=O) groups excluding carboxylic acids is 1. The molecule has 1 aliphatic rings. The van der Waals surface area contributed by atoms with E-state index in [2.05, 4.69) is 4.72 Å². The molecule has 0 aromatic heterocycles. The van der Waals surface area contributed by atoms with E-state index in [4.69, 9.17) is 4.74 Å². The molecular weight excluding hydrogens is 352 g/mol. The largest absolute Gasteiger partial charge is 0.380 e. The van der Waals surface area contributed by atoms with Gasteiger partial charge in [0.05, 0.1) is 11.0 Å². The van der Waals surface area contributed by atoms with Crippen LogP contribution in [0.1, 0.15) is 38.7 Å². The fourth-order valence-corrected chi connectivity index (χ4v) is 4.40. The summed E-state index contributed by atoms with van der Waals surface area (Å²) in [5, 5.41) is 0. The van der Waals surface area contributed by atoms with Crippen molar-refractivity contribution < 1.29 is 17.9 Å². The van der Waals surface area contributed by atoms with Crippen LogP contribution >= 0.6 is 0 Å². The standard InChI is InChI=1S/C19H30N2O4S/c1-14(2)12-18(19(22)21-11-5-6-16(13-21)25-4)20-26(23,24)17-9-7-15(3)8-10-17/h7-10,14,16,18,20H,5-6,11-13H2,1-4H3. The van der Waals surface area contributed by atoms with Crippen molar-refractivity contribution in [2.45, 2.75) is 57.1 Å².